The molecule has 2 aromatic rings. The highest BCUT2D eigenvalue weighted by Gasteiger charge is 2.33. The van der Waals surface area contributed by atoms with Gasteiger partial charge in [0.15, 0.2) is 0 Å². The van der Waals surface area contributed by atoms with Gasteiger partial charge in [-0.15, -0.1) is 0 Å². The third-order valence-corrected chi connectivity index (χ3v) is 3.51. The van der Waals surface area contributed by atoms with Crippen LogP contribution in [0.1, 0.15) is 11.8 Å². The Hall–Kier alpha value is -2.39. The van der Waals surface area contributed by atoms with Crippen LogP contribution in [0.2, 0.25) is 0 Å². The number of ether oxygens (including phenoxy) is 1. The van der Waals surface area contributed by atoms with Crippen LogP contribution in [-0.2, 0) is 9.53 Å². The Kier molecular flexibility index (Phi) is 4.89. The summed E-state index contributed by atoms with van der Waals surface area (Å²) in [5.41, 5.74) is 0. The average molecular weight is 318 g/mol. The van der Waals surface area contributed by atoms with Crippen LogP contribution < -0.4 is 5.32 Å². The standard InChI is InChI=1S/C14H18N6O3/c1-22-6-5-15-11(21)9-20-7-10(8-20)14-18-13(19-23-14)12-16-3-2-4-17-12/h2-4,10H,5-9H2,1H3,(H,15,21). The van der Waals surface area contributed by atoms with E-state index in [0.29, 0.717) is 37.2 Å². The smallest absolute Gasteiger partial charge is 0.240 e. The number of amides is 1. The molecule has 1 saturated heterocycles. The third-order valence-electron chi connectivity index (χ3n) is 3.51. The maximum atomic E-state index is 11.7. The third kappa shape index (κ3) is 3.88. The van der Waals surface area contributed by atoms with Crippen molar-refractivity contribution in [2.75, 3.05) is 39.9 Å². The monoisotopic (exact) mass is 318 g/mol. The highest BCUT2D eigenvalue weighted by atomic mass is 16.5. The highest BCUT2D eigenvalue weighted by molar-refractivity contribution is 5.78. The predicted octanol–water partition coefficient (Wildman–Crippen LogP) is -0.312. The van der Waals surface area contributed by atoms with Gasteiger partial charge in [0, 0.05) is 39.1 Å². The minimum absolute atomic E-state index is 0.00981. The van der Waals surface area contributed by atoms with Crippen LogP contribution in [0.4, 0.5) is 0 Å². The molecular weight excluding hydrogens is 300 g/mol. The van der Waals surface area contributed by atoms with Gasteiger partial charge in [0.1, 0.15) is 0 Å². The Balaban J connectivity index is 1.47. The first-order valence-corrected chi connectivity index (χ1v) is 7.35. The number of likely N-dealkylation sites (tertiary alicyclic amines) is 1. The van der Waals surface area contributed by atoms with Crippen molar-refractivity contribution >= 4 is 5.91 Å². The van der Waals surface area contributed by atoms with E-state index in [1.807, 2.05) is 4.90 Å². The van der Waals surface area contributed by atoms with Crippen molar-refractivity contribution in [3.8, 4) is 11.6 Å². The van der Waals surface area contributed by atoms with E-state index in [4.69, 9.17) is 9.26 Å². The Labute approximate surface area is 133 Å². The predicted molar refractivity (Wildman–Crippen MR) is 79.4 cm³/mol. The Morgan fingerprint density at radius 3 is 2.91 bits per heavy atom. The molecule has 0 unspecified atom stereocenters. The van der Waals surface area contributed by atoms with E-state index in [2.05, 4.69) is 25.4 Å². The van der Waals surface area contributed by atoms with Gasteiger partial charge in [0.2, 0.25) is 23.4 Å². The van der Waals surface area contributed by atoms with Crippen LogP contribution >= 0.6 is 0 Å². The second-order valence-electron chi connectivity index (χ2n) is 5.26. The number of carbonyl (C=O) groups excluding carboxylic acids is 1. The van der Waals surface area contributed by atoms with Gasteiger partial charge in [0.05, 0.1) is 19.1 Å². The summed E-state index contributed by atoms with van der Waals surface area (Å²) in [5, 5.41) is 6.69. The molecule has 3 heterocycles. The van der Waals surface area contributed by atoms with Gasteiger partial charge >= 0.3 is 0 Å². The van der Waals surface area contributed by atoms with Crippen molar-refractivity contribution in [1.29, 1.82) is 0 Å². The van der Waals surface area contributed by atoms with Crippen LogP contribution in [0.5, 0.6) is 0 Å². The number of hydrogen-bond donors (Lipinski definition) is 1. The van der Waals surface area contributed by atoms with Gasteiger partial charge in [-0.25, -0.2) is 9.97 Å². The fraction of sp³-hybridized carbons (Fsp3) is 0.500. The molecule has 0 saturated carbocycles. The fourth-order valence-electron chi connectivity index (χ4n) is 2.31. The van der Waals surface area contributed by atoms with Crippen molar-refractivity contribution in [2.24, 2.45) is 0 Å². The molecule has 1 fully saturated rings. The number of aromatic nitrogens is 4. The fourth-order valence-corrected chi connectivity index (χ4v) is 2.31. The first-order chi connectivity index (χ1) is 11.3. The van der Waals surface area contributed by atoms with E-state index in [0.717, 1.165) is 13.1 Å². The Morgan fingerprint density at radius 2 is 2.17 bits per heavy atom. The van der Waals surface area contributed by atoms with Gasteiger partial charge < -0.3 is 14.6 Å². The van der Waals surface area contributed by atoms with E-state index in [1.54, 1.807) is 25.6 Å². The minimum atomic E-state index is -0.00981. The lowest BCUT2D eigenvalue weighted by Gasteiger charge is -2.36. The zero-order valence-electron chi connectivity index (χ0n) is 12.8. The summed E-state index contributed by atoms with van der Waals surface area (Å²) in [6.45, 7) is 2.84. The molecule has 122 valence electrons. The van der Waals surface area contributed by atoms with E-state index < -0.39 is 0 Å². The lowest BCUT2D eigenvalue weighted by atomic mass is 10.0. The molecule has 23 heavy (non-hydrogen) atoms. The molecule has 1 N–H and O–H groups in total. The van der Waals surface area contributed by atoms with Crippen molar-refractivity contribution in [3.05, 3.63) is 24.4 Å². The van der Waals surface area contributed by atoms with Crippen LogP contribution in [0, 0.1) is 0 Å². The lowest BCUT2D eigenvalue weighted by molar-refractivity contribution is -0.123. The van der Waals surface area contributed by atoms with Crippen LogP contribution in [0.3, 0.4) is 0 Å². The molecule has 0 atom stereocenters. The first-order valence-electron chi connectivity index (χ1n) is 7.35. The van der Waals surface area contributed by atoms with Crippen LogP contribution in [0.15, 0.2) is 23.0 Å². The molecule has 1 aliphatic rings. The lowest BCUT2D eigenvalue weighted by Crippen LogP contribution is -2.49. The highest BCUT2D eigenvalue weighted by Crippen LogP contribution is 2.26. The summed E-state index contributed by atoms with van der Waals surface area (Å²) in [5.74, 6) is 1.52. The summed E-state index contributed by atoms with van der Waals surface area (Å²) in [7, 11) is 1.60. The molecule has 2 aromatic heterocycles. The average Bonchev–Trinajstić information content (AvgIpc) is 3.01. The number of hydrogen-bond acceptors (Lipinski definition) is 8. The molecule has 0 radical (unpaired) electrons. The maximum Gasteiger partial charge on any atom is 0.240 e. The topological polar surface area (TPSA) is 106 Å². The summed E-state index contributed by atoms with van der Waals surface area (Å²) in [4.78, 5) is 26.2. The molecule has 0 spiro atoms. The molecule has 0 bridgehead atoms. The van der Waals surface area contributed by atoms with Gasteiger partial charge in [-0.1, -0.05) is 5.16 Å². The normalized spacial score (nSPS) is 15.3. The summed E-state index contributed by atoms with van der Waals surface area (Å²) < 4.78 is 10.2. The molecule has 0 aromatic carbocycles. The molecule has 9 nitrogen and oxygen atoms in total. The molecule has 0 aliphatic carbocycles. The summed E-state index contributed by atoms with van der Waals surface area (Å²) >= 11 is 0. The largest absolute Gasteiger partial charge is 0.383 e. The Morgan fingerprint density at radius 1 is 1.39 bits per heavy atom. The molecule has 3 rings (SSSR count). The number of rotatable bonds is 7. The van der Waals surface area contributed by atoms with E-state index in [9.17, 15) is 4.79 Å². The number of carbonyl (C=O) groups is 1. The van der Waals surface area contributed by atoms with Crippen molar-refractivity contribution in [3.63, 3.8) is 0 Å². The summed E-state index contributed by atoms with van der Waals surface area (Å²) in [6, 6.07) is 1.73. The van der Waals surface area contributed by atoms with Crippen molar-refractivity contribution in [1.82, 2.24) is 30.3 Å². The van der Waals surface area contributed by atoms with Gasteiger partial charge in [0.25, 0.3) is 0 Å². The SMILES string of the molecule is COCCNC(=O)CN1CC(c2nc(-c3ncccn3)no2)C1. The number of methoxy groups -OCH3 is 1. The minimum Gasteiger partial charge on any atom is -0.383 e. The van der Waals surface area contributed by atoms with Crippen LogP contribution in [-0.4, -0.2) is 70.8 Å². The summed E-state index contributed by atoms with van der Waals surface area (Å²) in [6.07, 6.45) is 3.26. The molecule has 9 heteroatoms. The van der Waals surface area contributed by atoms with Gasteiger partial charge in [-0.2, -0.15) is 4.98 Å². The van der Waals surface area contributed by atoms with E-state index in [1.165, 1.54) is 0 Å². The maximum absolute atomic E-state index is 11.7. The van der Waals surface area contributed by atoms with Crippen LogP contribution in [0.25, 0.3) is 11.6 Å². The first kappa shape index (κ1) is 15.5. The molecule has 1 aliphatic heterocycles. The second kappa shape index (κ2) is 7.25. The molecular formula is C14H18N6O3. The van der Waals surface area contributed by atoms with Crippen molar-refractivity contribution < 1.29 is 14.1 Å². The number of nitrogens with zero attached hydrogens (tertiary/aromatic N) is 5. The zero-order valence-corrected chi connectivity index (χ0v) is 12.8. The van der Waals surface area contributed by atoms with Crippen molar-refractivity contribution in [2.45, 2.75) is 5.92 Å². The molecule has 1 amide bonds. The number of nitrogens with one attached hydrogen (secondary N) is 1. The van der Waals surface area contributed by atoms with Gasteiger partial charge in [-0.05, 0) is 6.07 Å². The van der Waals surface area contributed by atoms with Gasteiger partial charge in [-0.3, -0.25) is 9.69 Å². The second-order valence-corrected chi connectivity index (χ2v) is 5.26. The Bertz CT molecular complexity index is 641. The van der Waals surface area contributed by atoms with E-state index in [-0.39, 0.29) is 11.8 Å². The zero-order chi connectivity index (χ0) is 16.1. The quantitative estimate of drug-likeness (QED) is 0.693. The van der Waals surface area contributed by atoms with E-state index >= 15 is 0 Å².